The molecule has 0 saturated carbocycles. The van der Waals surface area contributed by atoms with Gasteiger partial charge in [0.2, 0.25) is 0 Å². The van der Waals surface area contributed by atoms with E-state index in [0.29, 0.717) is 12.2 Å². The van der Waals surface area contributed by atoms with E-state index in [1.807, 2.05) is 17.5 Å². The lowest BCUT2D eigenvalue weighted by Gasteiger charge is -2.36. The average molecular weight is 460 g/mol. The zero-order valence-electron chi connectivity index (χ0n) is 17.6. The van der Waals surface area contributed by atoms with Crippen LogP contribution in [0.4, 0.5) is 5.69 Å². The number of aliphatic carboxylic acids is 2. The van der Waals surface area contributed by atoms with Crippen LogP contribution in [0.2, 0.25) is 0 Å². The van der Waals surface area contributed by atoms with Crippen molar-refractivity contribution in [3.05, 3.63) is 52.2 Å². The molecule has 4 rings (SSSR count). The summed E-state index contributed by atoms with van der Waals surface area (Å²) in [7, 11) is 0. The van der Waals surface area contributed by atoms with E-state index >= 15 is 0 Å². The van der Waals surface area contributed by atoms with Gasteiger partial charge in [0.05, 0.1) is 12.2 Å². The maximum atomic E-state index is 9.55. The minimum Gasteiger partial charge on any atom is -0.478 e. The number of piperazine rings is 1. The van der Waals surface area contributed by atoms with Gasteiger partial charge in [-0.05, 0) is 24.6 Å². The zero-order chi connectivity index (χ0) is 23.1. The fourth-order valence-corrected chi connectivity index (χ4v) is 4.05. The van der Waals surface area contributed by atoms with Gasteiger partial charge < -0.3 is 25.0 Å². The molecule has 3 heterocycles. The van der Waals surface area contributed by atoms with Crippen molar-refractivity contribution >= 4 is 34.8 Å². The van der Waals surface area contributed by atoms with Crippen LogP contribution in [0.3, 0.4) is 0 Å². The standard InChI is InChI=1S/C18H21N3O2S.C4H4O4/c1-13-2-3-15-16(10-13)23-17-12-24-11-14(17)18(19-15)21-6-4-20(5-7-21)8-9-22;5-3(6)1-2-4(7)8/h2-3,10-12,22H,4-9H2,1H3;1-2H,(H,5,6)(H,7,8). The second kappa shape index (κ2) is 10.9. The molecule has 3 N–H and O–H groups in total. The first kappa shape index (κ1) is 23.5. The van der Waals surface area contributed by atoms with Crippen LogP contribution in [0.5, 0.6) is 11.5 Å². The molecule has 0 radical (unpaired) electrons. The average Bonchev–Trinajstić information content (AvgIpc) is 3.15. The molecule has 10 heteroatoms. The molecule has 1 aromatic heterocycles. The minimum atomic E-state index is -1.26. The summed E-state index contributed by atoms with van der Waals surface area (Å²) in [5.41, 5.74) is 3.13. The summed E-state index contributed by atoms with van der Waals surface area (Å²) in [6, 6.07) is 6.14. The number of β-amino-alcohol motifs (C(OH)–C–C–N with tert-alkyl or cyclic N) is 1. The Bertz CT molecular complexity index is 1010. The molecule has 9 nitrogen and oxygen atoms in total. The molecule has 0 spiro atoms. The van der Waals surface area contributed by atoms with Gasteiger partial charge in [-0.3, -0.25) is 4.90 Å². The van der Waals surface area contributed by atoms with E-state index in [2.05, 4.69) is 28.2 Å². The van der Waals surface area contributed by atoms with Crippen LogP contribution in [0.1, 0.15) is 11.1 Å². The van der Waals surface area contributed by atoms with Crippen molar-refractivity contribution in [2.45, 2.75) is 6.92 Å². The molecule has 0 unspecified atom stereocenters. The summed E-state index contributed by atoms with van der Waals surface area (Å²) in [6.07, 6.45) is 1.12. The zero-order valence-corrected chi connectivity index (χ0v) is 18.4. The van der Waals surface area contributed by atoms with Gasteiger partial charge in [0.15, 0.2) is 5.75 Å². The van der Waals surface area contributed by atoms with Gasteiger partial charge >= 0.3 is 11.9 Å². The monoisotopic (exact) mass is 459 g/mol. The normalized spacial score (nSPS) is 15.6. The first-order valence-corrected chi connectivity index (χ1v) is 11.0. The number of thiophene rings is 1. The van der Waals surface area contributed by atoms with Gasteiger partial charge in [0, 0.05) is 55.6 Å². The highest BCUT2D eigenvalue weighted by Gasteiger charge is 2.26. The smallest absolute Gasteiger partial charge is 0.328 e. The highest BCUT2D eigenvalue weighted by molar-refractivity contribution is 7.08. The fourth-order valence-electron chi connectivity index (χ4n) is 3.32. The molecule has 1 fully saturated rings. The summed E-state index contributed by atoms with van der Waals surface area (Å²) in [6.45, 7) is 6.74. The van der Waals surface area contributed by atoms with Crippen molar-refractivity contribution in [3.63, 3.8) is 0 Å². The van der Waals surface area contributed by atoms with Crippen LogP contribution in [-0.4, -0.2) is 82.2 Å². The Balaban J connectivity index is 0.000000312. The molecule has 0 amide bonds. The summed E-state index contributed by atoms with van der Waals surface area (Å²) < 4.78 is 6.13. The fraction of sp³-hybridized carbons (Fsp3) is 0.318. The van der Waals surface area contributed by atoms with E-state index in [0.717, 1.165) is 61.3 Å². The number of aliphatic imine (C=N–C) groups is 1. The summed E-state index contributed by atoms with van der Waals surface area (Å²) in [5, 5.41) is 28.9. The van der Waals surface area contributed by atoms with Crippen molar-refractivity contribution in [2.75, 3.05) is 39.3 Å². The number of aliphatic hydroxyl groups is 1. The highest BCUT2D eigenvalue weighted by atomic mass is 32.1. The number of rotatable bonds is 4. The number of carboxylic acid groups (broad SMARTS) is 2. The Morgan fingerprint density at radius 2 is 1.78 bits per heavy atom. The molecule has 32 heavy (non-hydrogen) atoms. The lowest BCUT2D eigenvalue weighted by Crippen LogP contribution is -2.49. The van der Waals surface area contributed by atoms with E-state index in [9.17, 15) is 9.59 Å². The van der Waals surface area contributed by atoms with Gasteiger partial charge in [-0.1, -0.05) is 6.07 Å². The van der Waals surface area contributed by atoms with E-state index in [1.54, 1.807) is 11.3 Å². The van der Waals surface area contributed by atoms with Crippen molar-refractivity contribution in [3.8, 4) is 11.5 Å². The van der Waals surface area contributed by atoms with Crippen LogP contribution < -0.4 is 4.74 Å². The third kappa shape index (κ3) is 6.16. The number of hydrogen-bond acceptors (Lipinski definition) is 8. The van der Waals surface area contributed by atoms with Crippen LogP contribution in [0.25, 0.3) is 0 Å². The maximum absolute atomic E-state index is 9.55. The second-order valence-electron chi connectivity index (χ2n) is 7.22. The summed E-state index contributed by atoms with van der Waals surface area (Å²) in [4.78, 5) is 28.7. The summed E-state index contributed by atoms with van der Waals surface area (Å²) >= 11 is 1.64. The number of carbonyl (C=O) groups is 2. The molecular weight excluding hydrogens is 434 g/mol. The maximum Gasteiger partial charge on any atom is 0.328 e. The minimum absolute atomic E-state index is 0.218. The molecular formula is C22H25N3O6S. The molecule has 1 aromatic carbocycles. The third-order valence-electron chi connectivity index (χ3n) is 4.89. The predicted octanol–water partition coefficient (Wildman–Crippen LogP) is 2.56. The lowest BCUT2D eigenvalue weighted by atomic mass is 10.2. The van der Waals surface area contributed by atoms with E-state index < -0.39 is 11.9 Å². The number of carboxylic acids is 2. The molecule has 0 bridgehead atoms. The Kier molecular flexibility index (Phi) is 7.98. The van der Waals surface area contributed by atoms with Gasteiger partial charge in [0.1, 0.15) is 17.3 Å². The van der Waals surface area contributed by atoms with Crippen LogP contribution in [0.15, 0.2) is 46.1 Å². The van der Waals surface area contributed by atoms with Crippen molar-refractivity contribution < 1.29 is 29.6 Å². The van der Waals surface area contributed by atoms with Crippen molar-refractivity contribution in [1.29, 1.82) is 0 Å². The predicted molar refractivity (Wildman–Crippen MR) is 121 cm³/mol. The number of fused-ring (bicyclic) bond motifs is 2. The van der Waals surface area contributed by atoms with E-state index in [-0.39, 0.29) is 6.61 Å². The van der Waals surface area contributed by atoms with Crippen LogP contribution in [-0.2, 0) is 9.59 Å². The Hall–Kier alpha value is -3.21. The number of ether oxygens (including phenoxy) is 1. The Morgan fingerprint density at radius 3 is 2.41 bits per heavy atom. The molecule has 2 aliphatic heterocycles. The van der Waals surface area contributed by atoms with Gasteiger partial charge in [-0.2, -0.15) is 0 Å². The molecule has 0 aliphatic carbocycles. The van der Waals surface area contributed by atoms with Crippen molar-refractivity contribution in [2.24, 2.45) is 4.99 Å². The van der Waals surface area contributed by atoms with E-state index in [1.165, 1.54) is 5.56 Å². The number of aryl methyl sites for hydroxylation is 1. The first-order valence-electron chi connectivity index (χ1n) is 10.0. The van der Waals surface area contributed by atoms with Crippen LogP contribution >= 0.6 is 11.3 Å². The number of benzene rings is 1. The Labute approximate surface area is 189 Å². The van der Waals surface area contributed by atoms with Gasteiger partial charge in [-0.15, -0.1) is 11.3 Å². The molecule has 0 atom stereocenters. The first-order chi connectivity index (χ1) is 15.4. The third-order valence-corrected chi connectivity index (χ3v) is 5.61. The number of amidine groups is 1. The lowest BCUT2D eigenvalue weighted by molar-refractivity contribution is -0.134. The quantitative estimate of drug-likeness (QED) is 0.596. The van der Waals surface area contributed by atoms with E-state index in [4.69, 9.17) is 25.0 Å². The van der Waals surface area contributed by atoms with Gasteiger partial charge in [-0.25, -0.2) is 14.6 Å². The molecule has 2 aromatic rings. The SMILES string of the molecule is Cc1ccc2c(c1)Oc1cscc1C(N1CCN(CCO)CC1)=N2.O=C(O)C=CC(=O)O. The van der Waals surface area contributed by atoms with Crippen LogP contribution in [0, 0.1) is 6.92 Å². The van der Waals surface area contributed by atoms with Gasteiger partial charge in [0.25, 0.3) is 0 Å². The number of nitrogens with zero attached hydrogens (tertiary/aromatic N) is 3. The molecule has 2 aliphatic rings. The number of aliphatic hydroxyl groups excluding tert-OH is 1. The summed E-state index contributed by atoms with van der Waals surface area (Å²) in [5.74, 6) is 0.196. The van der Waals surface area contributed by atoms with Crippen molar-refractivity contribution in [1.82, 2.24) is 9.80 Å². The number of hydrogen-bond donors (Lipinski definition) is 3. The highest BCUT2D eigenvalue weighted by Crippen LogP contribution is 2.40. The topological polar surface area (TPSA) is 123 Å². The largest absolute Gasteiger partial charge is 0.478 e. The Morgan fingerprint density at radius 1 is 1.09 bits per heavy atom. The molecule has 170 valence electrons. The second-order valence-corrected chi connectivity index (χ2v) is 7.96. The molecule has 1 saturated heterocycles.